The number of aromatic nitrogens is 1. The first kappa shape index (κ1) is 77.6. The van der Waals surface area contributed by atoms with Crippen LogP contribution in [0.2, 0.25) is 0 Å². The van der Waals surface area contributed by atoms with Crippen molar-refractivity contribution < 1.29 is 86.0 Å². The number of primary amides is 1. The summed E-state index contributed by atoms with van der Waals surface area (Å²) in [5.41, 5.74) is 5.83. The highest BCUT2D eigenvalue weighted by Gasteiger charge is 2.39. The standard InChI is InChI=1S/C66H89F2N11O16/c1-40(73-54(83)23-17-24-55(84)74-48(63(92)95-66(5,6)7)22-15-16-29-72-64(93)94-39-42-20-13-10-14-21-42)59(88)76-50(35-57(86)87)62(91)77-49(34-52(69)81)61(90)75-47(60(89)71-30-27-53(82)70-8)28-31-79(56(85)38-80)58(65(2,3)4)51-32-43(45-33-44(67)25-26-46(45)68)37-78(51)36-41-18-11-9-12-19-41/h9-14,18-21,25-26,32-33,37,40,47-50,58,80H,15-17,22-24,27-31,34-36,38-39H2,1-8H3,(H2,69,81)(H,70,82)(H,71,89)(H,72,93)(H,73,83)(H,74,84)(H,75,90)(H,76,88)(H,77,91)(H,86,87)/t40-,47-,48-,49-,50-,58-/m0/s1. The molecule has 0 aliphatic heterocycles. The fourth-order valence-electron chi connectivity index (χ4n) is 9.94. The molecule has 1 aromatic heterocycles. The lowest BCUT2D eigenvalue weighted by Crippen LogP contribution is -2.59. The number of rotatable bonds is 37. The van der Waals surface area contributed by atoms with Crippen LogP contribution in [0.4, 0.5) is 13.6 Å². The maximum Gasteiger partial charge on any atom is 0.407 e. The third kappa shape index (κ3) is 27.4. The van der Waals surface area contributed by atoms with Crippen LogP contribution in [-0.2, 0) is 75.4 Å². The van der Waals surface area contributed by atoms with E-state index in [4.69, 9.17) is 15.2 Å². The van der Waals surface area contributed by atoms with Gasteiger partial charge in [0.15, 0.2) is 0 Å². The van der Waals surface area contributed by atoms with E-state index in [0.29, 0.717) is 18.5 Å². The molecule has 95 heavy (non-hydrogen) atoms. The molecular weight excluding hydrogens is 1240 g/mol. The molecule has 0 fully saturated rings. The molecule has 12 N–H and O–H groups in total. The normalized spacial score (nSPS) is 13.2. The molecule has 0 aliphatic rings. The van der Waals surface area contributed by atoms with Gasteiger partial charge in [-0.1, -0.05) is 81.4 Å². The lowest BCUT2D eigenvalue weighted by atomic mass is 9.82. The van der Waals surface area contributed by atoms with Crippen LogP contribution in [0.1, 0.15) is 136 Å². The zero-order valence-corrected chi connectivity index (χ0v) is 54.8. The minimum absolute atomic E-state index is 0.0718. The third-order valence-electron chi connectivity index (χ3n) is 14.5. The number of benzene rings is 3. The summed E-state index contributed by atoms with van der Waals surface area (Å²) in [6.45, 7) is 10.2. The SMILES string of the molecule is CNC(=O)CCNC(=O)[C@H](CCN(C(=O)CO)[C@@H](c1cc(-c2cc(F)ccc2F)cn1Cc1ccccc1)C(C)(C)C)NC(=O)[C@H](CC(N)=O)NC(=O)[C@H](CC(=O)O)NC(=O)[C@H](C)NC(=O)CCCC(=O)N[C@@H](CCCCNC(=O)OCc1ccccc1)C(=O)OC(C)(C)C. The minimum atomic E-state index is -1.98. The third-order valence-corrected chi connectivity index (χ3v) is 14.5. The number of aliphatic hydroxyl groups is 1. The number of hydrogen-bond acceptors (Lipinski definition) is 15. The van der Waals surface area contributed by atoms with Gasteiger partial charge >= 0.3 is 18.0 Å². The van der Waals surface area contributed by atoms with E-state index >= 15 is 4.39 Å². The molecule has 29 heteroatoms. The summed E-state index contributed by atoms with van der Waals surface area (Å²) >= 11 is 0. The number of carboxylic acids is 1. The van der Waals surface area contributed by atoms with Gasteiger partial charge in [0, 0.05) is 75.5 Å². The van der Waals surface area contributed by atoms with Gasteiger partial charge in [0.1, 0.15) is 60.7 Å². The second kappa shape index (κ2) is 37.8. The summed E-state index contributed by atoms with van der Waals surface area (Å²) in [5, 5.41) is 39.8. The predicted molar refractivity (Wildman–Crippen MR) is 342 cm³/mol. The van der Waals surface area contributed by atoms with Gasteiger partial charge in [0.2, 0.25) is 53.2 Å². The smallest absolute Gasteiger partial charge is 0.407 e. The van der Waals surface area contributed by atoms with Gasteiger partial charge in [-0.3, -0.25) is 47.9 Å². The second-order valence-corrected chi connectivity index (χ2v) is 24.6. The van der Waals surface area contributed by atoms with E-state index in [2.05, 4.69) is 42.5 Å². The van der Waals surface area contributed by atoms with E-state index in [1.54, 1.807) is 76.6 Å². The lowest BCUT2D eigenvalue weighted by molar-refractivity contribution is -0.159. The monoisotopic (exact) mass is 1330 g/mol. The molecule has 518 valence electrons. The summed E-state index contributed by atoms with van der Waals surface area (Å²) < 4.78 is 42.6. The number of halogens is 2. The molecule has 0 saturated carbocycles. The number of unbranched alkanes of at least 4 members (excludes halogenated alkanes) is 1. The molecule has 6 atom stereocenters. The second-order valence-electron chi connectivity index (χ2n) is 24.6. The van der Waals surface area contributed by atoms with Crippen molar-refractivity contribution in [1.82, 2.24) is 52.0 Å². The fourth-order valence-corrected chi connectivity index (χ4v) is 9.94. The lowest BCUT2D eigenvalue weighted by Gasteiger charge is -2.41. The molecular formula is C66H89F2N11O16. The number of esters is 1. The summed E-state index contributed by atoms with van der Waals surface area (Å²) in [5.74, 6) is -12.2. The molecule has 0 unspecified atom stereocenters. The molecule has 4 rings (SSSR count). The maximum absolute atomic E-state index is 15.4. The first-order valence-corrected chi connectivity index (χ1v) is 31.0. The Labute approximate surface area is 550 Å². The number of amides is 10. The highest BCUT2D eigenvalue weighted by atomic mass is 19.1. The maximum atomic E-state index is 15.4. The fraction of sp³-hybridized carbons (Fsp3) is 0.485. The van der Waals surface area contributed by atoms with E-state index < -0.39 is 163 Å². The Morgan fingerprint density at radius 3 is 1.83 bits per heavy atom. The minimum Gasteiger partial charge on any atom is -0.481 e. The first-order valence-electron chi connectivity index (χ1n) is 31.0. The van der Waals surface area contributed by atoms with Crippen molar-refractivity contribution in [2.24, 2.45) is 11.1 Å². The molecule has 3 aromatic carbocycles. The molecule has 4 aromatic rings. The number of aliphatic hydroxyl groups excluding tert-OH is 1. The Hall–Kier alpha value is -9.80. The van der Waals surface area contributed by atoms with Crippen LogP contribution in [0.3, 0.4) is 0 Å². The zero-order valence-electron chi connectivity index (χ0n) is 54.8. The number of nitrogens with two attached hydrogens (primary N) is 1. The first-order chi connectivity index (χ1) is 44.8. The summed E-state index contributed by atoms with van der Waals surface area (Å²) in [6, 6.07) is 13.5. The average Bonchev–Trinajstić information content (AvgIpc) is 1.66. The molecule has 0 spiro atoms. The van der Waals surface area contributed by atoms with Crippen LogP contribution >= 0.6 is 0 Å². The molecule has 27 nitrogen and oxygen atoms in total. The Balaban J connectivity index is 1.47. The van der Waals surface area contributed by atoms with Crippen LogP contribution in [0, 0.1) is 17.0 Å². The van der Waals surface area contributed by atoms with Crippen molar-refractivity contribution in [2.75, 3.05) is 33.3 Å². The molecule has 0 saturated heterocycles. The van der Waals surface area contributed by atoms with Gasteiger partial charge in [-0.2, -0.15) is 0 Å². The van der Waals surface area contributed by atoms with E-state index in [9.17, 15) is 72.1 Å². The van der Waals surface area contributed by atoms with Crippen molar-refractivity contribution in [1.29, 1.82) is 0 Å². The van der Waals surface area contributed by atoms with Crippen molar-refractivity contribution in [2.45, 2.75) is 168 Å². The number of carbonyl (C=O) groups excluding carboxylic acids is 11. The molecule has 1 heterocycles. The number of hydrogen-bond donors (Lipinski definition) is 11. The molecule has 10 amide bonds. The van der Waals surface area contributed by atoms with E-state index in [-0.39, 0.29) is 69.5 Å². The summed E-state index contributed by atoms with van der Waals surface area (Å²) in [6.07, 6.45) is -1.46. The number of carbonyl (C=O) groups is 12. The number of aliphatic carboxylic acids is 1. The number of nitrogens with zero attached hydrogens (tertiary/aromatic N) is 2. The quantitative estimate of drug-likeness (QED) is 0.0228. The Kier molecular flexibility index (Phi) is 30.9. The van der Waals surface area contributed by atoms with E-state index in [1.165, 1.54) is 18.9 Å². The molecule has 0 bridgehead atoms. The number of nitrogens with one attached hydrogen (secondary N) is 8. The van der Waals surface area contributed by atoms with Crippen molar-refractivity contribution in [3.63, 3.8) is 0 Å². The predicted octanol–water partition coefficient (Wildman–Crippen LogP) is 3.43. The topological polar surface area (TPSA) is 394 Å². The van der Waals surface area contributed by atoms with Gasteiger partial charge in [0.05, 0.1) is 18.9 Å². The van der Waals surface area contributed by atoms with Gasteiger partial charge in [-0.15, -0.1) is 0 Å². The molecule has 0 radical (unpaired) electrons. The zero-order chi connectivity index (χ0) is 70.6. The Morgan fingerprint density at radius 1 is 0.642 bits per heavy atom. The number of alkyl carbamates (subject to hydrolysis) is 1. The van der Waals surface area contributed by atoms with Crippen molar-refractivity contribution in [3.05, 3.63) is 120 Å². The largest absolute Gasteiger partial charge is 0.481 e. The van der Waals surface area contributed by atoms with Crippen LogP contribution in [0.25, 0.3) is 11.1 Å². The highest BCUT2D eigenvalue weighted by molar-refractivity contribution is 5.98. The van der Waals surface area contributed by atoms with Crippen LogP contribution in [0.15, 0.2) is 91.1 Å². The molecule has 0 aliphatic carbocycles. The van der Waals surface area contributed by atoms with Crippen LogP contribution in [0.5, 0.6) is 0 Å². The van der Waals surface area contributed by atoms with Gasteiger partial charge in [-0.25, -0.2) is 18.4 Å². The Morgan fingerprint density at radius 2 is 1.24 bits per heavy atom. The van der Waals surface area contributed by atoms with Gasteiger partial charge in [-0.05, 0) is 101 Å². The summed E-state index contributed by atoms with van der Waals surface area (Å²) in [4.78, 5) is 160. The Bertz CT molecular complexity index is 3300. The number of ether oxygens (including phenoxy) is 2. The number of carboxylic acid groups (broad SMARTS) is 1. The van der Waals surface area contributed by atoms with Crippen molar-refractivity contribution in [3.8, 4) is 11.1 Å². The highest BCUT2D eigenvalue weighted by Crippen LogP contribution is 2.41. The van der Waals surface area contributed by atoms with Gasteiger partial charge in [0.25, 0.3) is 0 Å². The van der Waals surface area contributed by atoms with Gasteiger partial charge < -0.3 is 77.4 Å². The summed E-state index contributed by atoms with van der Waals surface area (Å²) in [7, 11) is 1.36. The van der Waals surface area contributed by atoms with E-state index in [0.717, 1.165) is 29.3 Å². The van der Waals surface area contributed by atoms with E-state index in [1.807, 2.05) is 42.5 Å². The van der Waals surface area contributed by atoms with Crippen LogP contribution in [-0.4, -0.2) is 160 Å². The van der Waals surface area contributed by atoms with Crippen molar-refractivity contribution >= 4 is 71.2 Å². The average molecular weight is 1330 g/mol. The van der Waals surface area contributed by atoms with Crippen LogP contribution < -0.4 is 48.3 Å².